The predicted molar refractivity (Wildman–Crippen MR) is 116 cm³/mol. The Morgan fingerprint density at radius 1 is 1.07 bits per heavy atom. The van der Waals surface area contributed by atoms with Crippen LogP contribution in [0.1, 0.15) is 81.5 Å². The largest absolute Gasteiger partial charge is 0.362 e. The first kappa shape index (κ1) is 20.9. The predicted octanol–water partition coefficient (Wildman–Crippen LogP) is 3.97. The molecule has 162 valence electrons. The number of nitrogens with zero attached hydrogens (tertiary/aromatic N) is 2. The van der Waals surface area contributed by atoms with E-state index in [2.05, 4.69) is 10.2 Å². The lowest BCUT2D eigenvalue weighted by Crippen LogP contribution is -2.66. The summed E-state index contributed by atoms with van der Waals surface area (Å²) >= 11 is 0. The van der Waals surface area contributed by atoms with E-state index in [1.165, 1.54) is 12.8 Å². The molecule has 0 radical (unpaired) electrons. The number of hydrogen-bond donors (Lipinski definition) is 1. The van der Waals surface area contributed by atoms with E-state index in [0.29, 0.717) is 25.9 Å². The van der Waals surface area contributed by atoms with E-state index in [9.17, 15) is 14.4 Å². The lowest BCUT2D eigenvalue weighted by Gasteiger charge is -2.54. The quantitative estimate of drug-likeness (QED) is 0.719. The van der Waals surface area contributed by atoms with Crippen LogP contribution in [-0.4, -0.2) is 52.2 Å². The van der Waals surface area contributed by atoms with Gasteiger partial charge in [0, 0.05) is 50.5 Å². The molecule has 1 saturated carbocycles. The van der Waals surface area contributed by atoms with Crippen LogP contribution in [0.2, 0.25) is 0 Å². The lowest BCUT2D eigenvalue weighted by atomic mass is 9.88. The number of amides is 2. The number of carbonyl (C=O) groups is 3. The SMILES string of the molecule is CC(=O)CCCCC(=O)N1CCC2(CC1)Nc1ccccc1C(=O)N2C1CCCC1. The Bertz CT molecular complexity index is 808. The number of rotatable bonds is 6. The van der Waals surface area contributed by atoms with Crippen LogP contribution in [0.5, 0.6) is 0 Å². The molecule has 2 heterocycles. The third-order valence-electron chi connectivity index (χ3n) is 7.01. The first-order chi connectivity index (χ1) is 14.5. The second-order valence-electron chi connectivity index (χ2n) is 9.11. The molecule has 2 amide bonds. The maximum Gasteiger partial charge on any atom is 0.258 e. The number of hydrogen-bond acceptors (Lipinski definition) is 4. The molecule has 2 aliphatic heterocycles. The summed E-state index contributed by atoms with van der Waals surface area (Å²) in [4.78, 5) is 41.3. The highest BCUT2D eigenvalue weighted by atomic mass is 16.2. The summed E-state index contributed by atoms with van der Waals surface area (Å²) in [6, 6.07) is 8.09. The van der Waals surface area contributed by atoms with Gasteiger partial charge in [-0.25, -0.2) is 0 Å². The standard InChI is InChI=1S/C24H33N3O3/c1-18(28)8-2-7-13-22(29)26-16-14-24(15-17-26)25-21-12-6-5-11-20(21)23(30)27(24)19-9-3-4-10-19/h5-6,11-12,19,25H,2-4,7-10,13-17H2,1H3. The molecule has 4 rings (SSSR count). The number of anilines is 1. The van der Waals surface area contributed by atoms with Crippen molar-refractivity contribution in [3.05, 3.63) is 29.8 Å². The number of benzene rings is 1. The summed E-state index contributed by atoms with van der Waals surface area (Å²) < 4.78 is 0. The summed E-state index contributed by atoms with van der Waals surface area (Å²) in [5, 5.41) is 3.72. The number of unbranched alkanes of at least 4 members (excludes halogenated alkanes) is 1. The Labute approximate surface area is 179 Å². The number of Topliss-reactive ketones (excluding diaryl/α,β-unsaturated/α-hetero) is 1. The van der Waals surface area contributed by atoms with Gasteiger partial charge in [-0.2, -0.15) is 0 Å². The van der Waals surface area contributed by atoms with Gasteiger partial charge in [-0.05, 0) is 44.7 Å². The lowest BCUT2D eigenvalue weighted by molar-refractivity contribution is -0.134. The van der Waals surface area contributed by atoms with Crippen LogP contribution in [0.25, 0.3) is 0 Å². The van der Waals surface area contributed by atoms with Crippen molar-refractivity contribution in [1.29, 1.82) is 0 Å². The second-order valence-corrected chi connectivity index (χ2v) is 9.11. The topological polar surface area (TPSA) is 69.7 Å². The molecule has 1 aromatic rings. The van der Waals surface area contributed by atoms with Gasteiger partial charge >= 0.3 is 0 Å². The van der Waals surface area contributed by atoms with Crippen molar-refractivity contribution in [3.63, 3.8) is 0 Å². The van der Waals surface area contributed by atoms with Crippen molar-refractivity contribution in [1.82, 2.24) is 9.80 Å². The highest BCUT2D eigenvalue weighted by Gasteiger charge is 2.49. The third-order valence-corrected chi connectivity index (χ3v) is 7.01. The molecule has 0 atom stereocenters. The maximum absolute atomic E-state index is 13.5. The summed E-state index contributed by atoms with van der Waals surface area (Å²) in [6.07, 6.45) is 8.59. The van der Waals surface area contributed by atoms with E-state index in [1.54, 1.807) is 6.92 Å². The molecule has 1 aliphatic carbocycles. The van der Waals surface area contributed by atoms with Crippen LogP contribution in [0.3, 0.4) is 0 Å². The van der Waals surface area contributed by atoms with E-state index in [4.69, 9.17) is 0 Å². The fourth-order valence-corrected chi connectivity index (χ4v) is 5.39. The van der Waals surface area contributed by atoms with E-state index >= 15 is 0 Å². The first-order valence-corrected chi connectivity index (χ1v) is 11.5. The van der Waals surface area contributed by atoms with Gasteiger partial charge < -0.3 is 19.9 Å². The molecule has 0 bridgehead atoms. The summed E-state index contributed by atoms with van der Waals surface area (Å²) in [5.74, 6) is 0.492. The van der Waals surface area contributed by atoms with Gasteiger partial charge in [-0.15, -0.1) is 0 Å². The molecule has 6 heteroatoms. The highest BCUT2D eigenvalue weighted by molar-refractivity contribution is 6.02. The number of ketones is 1. The van der Waals surface area contributed by atoms with Gasteiger partial charge in [0.05, 0.1) is 5.56 Å². The second kappa shape index (κ2) is 8.78. The summed E-state index contributed by atoms with van der Waals surface area (Å²) in [5.41, 5.74) is 1.28. The van der Waals surface area contributed by atoms with Gasteiger partial charge in [0.1, 0.15) is 11.4 Å². The Morgan fingerprint density at radius 2 is 1.73 bits per heavy atom. The van der Waals surface area contributed by atoms with Gasteiger partial charge in [0.15, 0.2) is 0 Å². The summed E-state index contributed by atoms with van der Waals surface area (Å²) in [7, 11) is 0. The molecule has 1 spiro atoms. The van der Waals surface area contributed by atoms with Crippen LogP contribution in [-0.2, 0) is 9.59 Å². The van der Waals surface area contributed by atoms with Crippen molar-refractivity contribution >= 4 is 23.3 Å². The minimum absolute atomic E-state index is 0.139. The van der Waals surface area contributed by atoms with Gasteiger partial charge in [-0.3, -0.25) is 9.59 Å². The van der Waals surface area contributed by atoms with Gasteiger partial charge in [0.25, 0.3) is 5.91 Å². The minimum Gasteiger partial charge on any atom is -0.362 e. The Hall–Kier alpha value is -2.37. The van der Waals surface area contributed by atoms with Gasteiger partial charge in [-0.1, -0.05) is 25.0 Å². The number of likely N-dealkylation sites (tertiary alicyclic amines) is 1. The monoisotopic (exact) mass is 411 g/mol. The van der Waals surface area contributed by atoms with Crippen molar-refractivity contribution < 1.29 is 14.4 Å². The smallest absolute Gasteiger partial charge is 0.258 e. The molecule has 1 aromatic carbocycles. The van der Waals surface area contributed by atoms with E-state index < -0.39 is 5.66 Å². The molecule has 0 aromatic heterocycles. The number of piperidine rings is 1. The Morgan fingerprint density at radius 3 is 2.43 bits per heavy atom. The molecular formula is C24H33N3O3. The average molecular weight is 412 g/mol. The Balaban J connectivity index is 1.46. The average Bonchev–Trinajstić information content (AvgIpc) is 3.26. The number of nitrogens with one attached hydrogen (secondary N) is 1. The minimum atomic E-state index is -0.397. The summed E-state index contributed by atoms with van der Waals surface area (Å²) in [6.45, 7) is 2.92. The normalized spacial score (nSPS) is 20.9. The van der Waals surface area contributed by atoms with Crippen molar-refractivity contribution in [2.75, 3.05) is 18.4 Å². The third kappa shape index (κ3) is 4.09. The van der Waals surface area contributed by atoms with E-state index in [0.717, 1.165) is 49.8 Å². The number of carbonyl (C=O) groups excluding carboxylic acids is 3. The first-order valence-electron chi connectivity index (χ1n) is 11.5. The highest BCUT2D eigenvalue weighted by Crippen LogP contribution is 2.42. The fourth-order valence-electron chi connectivity index (χ4n) is 5.39. The molecule has 6 nitrogen and oxygen atoms in total. The Kier molecular flexibility index (Phi) is 6.11. The molecule has 3 aliphatic rings. The fraction of sp³-hybridized carbons (Fsp3) is 0.625. The van der Waals surface area contributed by atoms with Crippen LogP contribution >= 0.6 is 0 Å². The molecule has 0 unspecified atom stereocenters. The zero-order valence-corrected chi connectivity index (χ0v) is 18.0. The van der Waals surface area contributed by atoms with E-state index in [-0.39, 0.29) is 23.6 Å². The van der Waals surface area contributed by atoms with Crippen molar-refractivity contribution in [2.24, 2.45) is 0 Å². The van der Waals surface area contributed by atoms with Crippen LogP contribution in [0, 0.1) is 0 Å². The van der Waals surface area contributed by atoms with Crippen molar-refractivity contribution in [2.45, 2.75) is 82.8 Å². The zero-order valence-electron chi connectivity index (χ0n) is 18.0. The molecule has 30 heavy (non-hydrogen) atoms. The van der Waals surface area contributed by atoms with Gasteiger partial charge in [0.2, 0.25) is 5.91 Å². The van der Waals surface area contributed by atoms with Crippen molar-refractivity contribution in [3.8, 4) is 0 Å². The molecule has 1 saturated heterocycles. The molecule has 2 fully saturated rings. The molecular weight excluding hydrogens is 378 g/mol. The number of para-hydroxylation sites is 1. The van der Waals surface area contributed by atoms with Crippen LogP contribution < -0.4 is 5.32 Å². The van der Waals surface area contributed by atoms with Crippen LogP contribution in [0.15, 0.2) is 24.3 Å². The van der Waals surface area contributed by atoms with E-state index in [1.807, 2.05) is 29.2 Å². The maximum atomic E-state index is 13.5. The zero-order chi connectivity index (χ0) is 21.1. The molecule has 1 N–H and O–H groups in total. The number of fused-ring (bicyclic) bond motifs is 1. The van der Waals surface area contributed by atoms with Crippen LogP contribution in [0.4, 0.5) is 5.69 Å².